The first-order valence-electron chi connectivity index (χ1n) is 9.34. The summed E-state index contributed by atoms with van der Waals surface area (Å²) in [7, 11) is 0. The van der Waals surface area contributed by atoms with Gasteiger partial charge in [-0.15, -0.1) is 0 Å². The number of anilines is 2. The Hall–Kier alpha value is -3.32. The van der Waals surface area contributed by atoms with E-state index in [0.717, 1.165) is 11.3 Å². The zero-order chi connectivity index (χ0) is 21.5. The number of carbonyl (C=O) groups is 1. The number of amides is 1. The van der Waals surface area contributed by atoms with Crippen LogP contribution in [0.2, 0.25) is 0 Å². The van der Waals surface area contributed by atoms with Crippen molar-refractivity contribution in [2.24, 2.45) is 0 Å². The first kappa shape index (κ1) is 21.4. The molecule has 0 aromatic heterocycles. The third-order valence-electron chi connectivity index (χ3n) is 4.52. The molecular weight excluding hydrogens is 404 g/mol. The summed E-state index contributed by atoms with van der Waals surface area (Å²) in [6, 6.07) is 19.7. The van der Waals surface area contributed by atoms with Gasteiger partial charge in [0.05, 0.1) is 6.04 Å². The highest BCUT2D eigenvalue weighted by atomic mass is 32.1. The molecule has 0 radical (unpaired) electrons. The molecule has 0 bridgehead atoms. The molecule has 0 aliphatic rings. The van der Waals surface area contributed by atoms with Crippen LogP contribution in [-0.4, -0.2) is 11.0 Å². The van der Waals surface area contributed by atoms with E-state index in [2.05, 4.69) is 16.0 Å². The molecule has 1 atom stereocenters. The maximum atomic E-state index is 13.1. The third-order valence-corrected chi connectivity index (χ3v) is 4.74. The molecule has 0 saturated heterocycles. The van der Waals surface area contributed by atoms with Crippen molar-refractivity contribution in [1.82, 2.24) is 5.32 Å². The lowest BCUT2D eigenvalue weighted by Gasteiger charge is -2.17. The molecular formula is C23H21F2N3OS. The van der Waals surface area contributed by atoms with E-state index in [1.54, 1.807) is 60.7 Å². The summed E-state index contributed by atoms with van der Waals surface area (Å²) in [6.45, 7) is 1.22. The summed E-state index contributed by atoms with van der Waals surface area (Å²) >= 11 is 5.33. The highest BCUT2D eigenvalue weighted by Crippen LogP contribution is 2.18. The van der Waals surface area contributed by atoms with Gasteiger partial charge in [0.25, 0.3) is 5.91 Å². The van der Waals surface area contributed by atoms with E-state index in [4.69, 9.17) is 12.2 Å². The highest BCUT2D eigenvalue weighted by Gasteiger charge is 2.11. The predicted molar refractivity (Wildman–Crippen MR) is 120 cm³/mol. The molecule has 0 heterocycles. The van der Waals surface area contributed by atoms with Crippen LogP contribution in [0.4, 0.5) is 20.2 Å². The van der Waals surface area contributed by atoms with Gasteiger partial charge in [0.2, 0.25) is 0 Å². The van der Waals surface area contributed by atoms with Gasteiger partial charge in [-0.3, -0.25) is 4.79 Å². The average Bonchev–Trinajstić information content (AvgIpc) is 2.75. The molecule has 0 fully saturated rings. The summed E-state index contributed by atoms with van der Waals surface area (Å²) in [6.07, 6.45) is 0. The Morgan fingerprint density at radius 1 is 0.933 bits per heavy atom. The molecule has 3 aromatic rings. The second-order valence-corrected chi connectivity index (χ2v) is 7.10. The average molecular weight is 426 g/mol. The lowest BCUT2D eigenvalue weighted by molar-refractivity contribution is 0.102. The second-order valence-electron chi connectivity index (χ2n) is 6.69. The molecule has 0 aliphatic heterocycles. The Bertz CT molecular complexity index is 1020. The maximum absolute atomic E-state index is 13.1. The Kier molecular flexibility index (Phi) is 7.08. The Morgan fingerprint density at radius 2 is 1.53 bits per heavy atom. The molecule has 0 spiro atoms. The molecule has 0 aliphatic carbocycles. The van der Waals surface area contributed by atoms with Crippen LogP contribution in [0.5, 0.6) is 0 Å². The zero-order valence-corrected chi connectivity index (χ0v) is 17.1. The van der Waals surface area contributed by atoms with Gasteiger partial charge >= 0.3 is 0 Å². The van der Waals surface area contributed by atoms with Crippen molar-refractivity contribution >= 4 is 34.6 Å². The van der Waals surface area contributed by atoms with Crippen LogP contribution in [0, 0.1) is 5.82 Å². The normalized spacial score (nSPS) is 11.4. The van der Waals surface area contributed by atoms with Crippen LogP contribution >= 0.6 is 12.2 Å². The van der Waals surface area contributed by atoms with Crippen molar-refractivity contribution < 1.29 is 13.6 Å². The SMILES string of the molecule is CC(NC(=S)Nc1ccc(NC(=O)c2ccccc2CF)cc1)c1ccc(F)cc1. The fourth-order valence-corrected chi connectivity index (χ4v) is 3.19. The van der Waals surface area contributed by atoms with Crippen LogP contribution < -0.4 is 16.0 Å². The van der Waals surface area contributed by atoms with Crippen LogP contribution in [0.3, 0.4) is 0 Å². The topological polar surface area (TPSA) is 53.2 Å². The maximum Gasteiger partial charge on any atom is 0.256 e. The fourth-order valence-electron chi connectivity index (χ4n) is 2.89. The molecule has 7 heteroatoms. The van der Waals surface area contributed by atoms with Crippen LogP contribution in [0.1, 0.15) is 34.5 Å². The minimum atomic E-state index is -0.701. The summed E-state index contributed by atoms with van der Waals surface area (Å²) in [4.78, 5) is 12.4. The summed E-state index contributed by atoms with van der Waals surface area (Å²) in [5.74, 6) is -0.652. The lowest BCUT2D eigenvalue weighted by Crippen LogP contribution is -2.30. The van der Waals surface area contributed by atoms with Crippen molar-refractivity contribution in [3.63, 3.8) is 0 Å². The highest BCUT2D eigenvalue weighted by molar-refractivity contribution is 7.80. The van der Waals surface area contributed by atoms with E-state index in [-0.39, 0.29) is 17.8 Å². The Labute approximate surface area is 179 Å². The quantitative estimate of drug-likeness (QED) is 0.450. The van der Waals surface area contributed by atoms with Crippen molar-refractivity contribution in [3.05, 3.63) is 95.3 Å². The van der Waals surface area contributed by atoms with Gasteiger partial charge < -0.3 is 16.0 Å². The molecule has 30 heavy (non-hydrogen) atoms. The van der Waals surface area contributed by atoms with Gasteiger partial charge in [-0.2, -0.15) is 0 Å². The van der Waals surface area contributed by atoms with Crippen LogP contribution in [0.15, 0.2) is 72.8 Å². The van der Waals surface area contributed by atoms with E-state index < -0.39 is 6.67 Å². The third kappa shape index (κ3) is 5.61. The van der Waals surface area contributed by atoms with E-state index in [9.17, 15) is 13.6 Å². The van der Waals surface area contributed by atoms with Crippen molar-refractivity contribution in [3.8, 4) is 0 Å². The number of carbonyl (C=O) groups excluding carboxylic acids is 1. The molecule has 3 rings (SSSR count). The van der Waals surface area contributed by atoms with Gasteiger partial charge in [0.15, 0.2) is 5.11 Å². The first-order valence-corrected chi connectivity index (χ1v) is 9.75. The zero-order valence-electron chi connectivity index (χ0n) is 16.3. The number of halogens is 2. The van der Waals surface area contributed by atoms with E-state index in [1.807, 2.05) is 6.92 Å². The molecule has 0 saturated carbocycles. The van der Waals surface area contributed by atoms with Crippen molar-refractivity contribution in [2.45, 2.75) is 19.6 Å². The number of nitrogens with one attached hydrogen (secondary N) is 3. The summed E-state index contributed by atoms with van der Waals surface area (Å²) in [5.41, 5.74) is 2.88. The van der Waals surface area contributed by atoms with Gasteiger partial charge in [-0.05, 0) is 72.7 Å². The molecule has 154 valence electrons. The van der Waals surface area contributed by atoms with Gasteiger partial charge in [-0.1, -0.05) is 30.3 Å². The number of hydrogen-bond acceptors (Lipinski definition) is 2. The summed E-state index contributed by atoms with van der Waals surface area (Å²) < 4.78 is 26.1. The van der Waals surface area contributed by atoms with Crippen LogP contribution in [-0.2, 0) is 6.67 Å². The number of rotatable bonds is 6. The minimum Gasteiger partial charge on any atom is -0.356 e. The predicted octanol–water partition coefficient (Wildman–Crippen LogP) is 5.60. The minimum absolute atomic E-state index is 0.0975. The van der Waals surface area contributed by atoms with E-state index >= 15 is 0 Å². The van der Waals surface area contributed by atoms with Gasteiger partial charge in [0, 0.05) is 16.9 Å². The molecule has 4 nitrogen and oxygen atoms in total. The van der Waals surface area contributed by atoms with Crippen molar-refractivity contribution in [2.75, 3.05) is 10.6 Å². The lowest BCUT2D eigenvalue weighted by atomic mass is 10.1. The van der Waals surface area contributed by atoms with E-state index in [0.29, 0.717) is 21.9 Å². The number of benzene rings is 3. The second kappa shape index (κ2) is 9.93. The van der Waals surface area contributed by atoms with Gasteiger partial charge in [0.1, 0.15) is 12.5 Å². The smallest absolute Gasteiger partial charge is 0.256 e. The molecule has 1 amide bonds. The number of hydrogen-bond donors (Lipinski definition) is 3. The molecule has 1 unspecified atom stereocenters. The Morgan fingerprint density at radius 3 is 2.17 bits per heavy atom. The molecule has 3 N–H and O–H groups in total. The molecule has 3 aromatic carbocycles. The van der Waals surface area contributed by atoms with Gasteiger partial charge in [-0.25, -0.2) is 8.78 Å². The standard InChI is InChI=1S/C23H21F2N3OS/c1-15(16-6-8-18(25)9-7-16)26-23(30)28-20-12-10-19(11-13-20)27-22(29)21-5-3-2-4-17(21)14-24/h2-13,15H,14H2,1H3,(H,27,29)(H2,26,28,30). The number of alkyl halides is 1. The summed E-state index contributed by atoms with van der Waals surface area (Å²) in [5, 5.41) is 9.38. The Balaban J connectivity index is 1.57. The van der Waals surface area contributed by atoms with Crippen molar-refractivity contribution in [1.29, 1.82) is 0 Å². The van der Waals surface area contributed by atoms with Crippen LogP contribution in [0.25, 0.3) is 0 Å². The monoisotopic (exact) mass is 425 g/mol. The first-order chi connectivity index (χ1) is 14.5. The van der Waals surface area contributed by atoms with E-state index in [1.165, 1.54) is 12.1 Å². The largest absolute Gasteiger partial charge is 0.356 e. The fraction of sp³-hybridized carbons (Fsp3) is 0.130. The number of thiocarbonyl (C=S) groups is 1.